The van der Waals surface area contributed by atoms with Crippen LogP contribution in [-0.2, 0) is 16.8 Å². The molecule has 1 aliphatic carbocycles. The molecule has 1 aliphatic rings. The van der Waals surface area contributed by atoms with Crippen LogP contribution in [0.3, 0.4) is 0 Å². The number of nitrogens with two attached hydrogens (primary N) is 1. The summed E-state index contributed by atoms with van der Waals surface area (Å²) in [6.45, 7) is 1.34. The molecule has 6 heteroatoms. The largest absolute Gasteiger partial charge is 0.484 e. The van der Waals surface area contributed by atoms with E-state index in [9.17, 15) is 4.79 Å². The molecule has 27 heavy (non-hydrogen) atoms. The van der Waals surface area contributed by atoms with Gasteiger partial charge in [-0.2, -0.15) is 0 Å². The molecule has 0 spiro atoms. The third-order valence-electron chi connectivity index (χ3n) is 4.80. The van der Waals surface area contributed by atoms with E-state index in [1.165, 1.54) is 18.4 Å². The number of carbonyl (C=O) groups excluding carboxylic acids is 1. The Morgan fingerprint density at radius 1 is 1.15 bits per heavy atom. The first-order chi connectivity index (χ1) is 13.1. The summed E-state index contributed by atoms with van der Waals surface area (Å²) in [7, 11) is 1.77. The Balaban J connectivity index is 1.51. The average molecular weight is 366 g/mol. The van der Waals surface area contributed by atoms with Crippen molar-refractivity contribution in [2.24, 2.45) is 10.7 Å². The quantitative estimate of drug-likeness (QED) is 0.492. The Bertz CT molecular complexity index is 801. The van der Waals surface area contributed by atoms with Crippen molar-refractivity contribution in [1.82, 2.24) is 10.6 Å². The van der Waals surface area contributed by atoms with E-state index in [-0.39, 0.29) is 12.0 Å². The molecular weight excluding hydrogens is 340 g/mol. The van der Waals surface area contributed by atoms with Crippen molar-refractivity contribution < 1.29 is 9.53 Å². The van der Waals surface area contributed by atoms with E-state index in [0.717, 1.165) is 18.1 Å². The maximum Gasteiger partial charge on any atom is 0.255 e. The standard InChI is InChI=1S/C21H26N4O2/c1-23-20(25-15-21(10-11-21)17-7-3-2-4-8-17)24-13-16-6-5-9-18(12-16)27-14-19(22)26/h2-9,12H,10-11,13-15H2,1H3,(H2,22,26)(H2,23,24,25). The molecule has 0 aliphatic heterocycles. The zero-order valence-corrected chi connectivity index (χ0v) is 15.6. The Morgan fingerprint density at radius 3 is 2.59 bits per heavy atom. The lowest BCUT2D eigenvalue weighted by atomic mass is 9.96. The molecule has 2 aromatic carbocycles. The summed E-state index contributed by atoms with van der Waals surface area (Å²) in [4.78, 5) is 15.1. The van der Waals surface area contributed by atoms with Gasteiger partial charge in [0, 0.05) is 25.6 Å². The molecule has 1 fully saturated rings. The Labute approximate surface area is 159 Å². The number of nitrogens with zero attached hydrogens (tertiary/aromatic N) is 1. The molecule has 142 valence electrons. The van der Waals surface area contributed by atoms with Crippen molar-refractivity contribution in [1.29, 1.82) is 0 Å². The molecule has 3 rings (SSSR count). The fourth-order valence-corrected chi connectivity index (χ4v) is 3.07. The fourth-order valence-electron chi connectivity index (χ4n) is 3.07. The Kier molecular flexibility index (Phi) is 5.96. The Hall–Kier alpha value is -3.02. The lowest BCUT2D eigenvalue weighted by Crippen LogP contribution is -2.40. The highest BCUT2D eigenvalue weighted by molar-refractivity contribution is 5.79. The van der Waals surface area contributed by atoms with Gasteiger partial charge in [-0.05, 0) is 36.1 Å². The van der Waals surface area contributed by atoms with Crippen molar-refractivity contribution in [2.75, 3.05) is 20.2 Å². The summed E-state index contributed by atoms with van der Waals surface area (Å²) in [5, 5.41) is 6.76. The highest BCUT2D eigenvalue weighted by Crippen LogP contribution is 2.47. The number of carbonyl (C=O) groups is 1. The van der Waals surface area contributed by atoms with Crippen LogP contribution in [0.2, 0.25) is 0 Å². The van der Waals surface area contributed by atoms with Crippen LogP contribution in [0.4, 0.5) is 0 Å². The van der Waals surface area contributed by atoms with Gasteiger partial charge in [-0.3, -0.25) is 9.79 Å². The van der Waals surface area contributed by atoms with Gasteiger partial charge in [0.15, 0.2) is 12.6 Å². The smallest absolute Gasteiger partial charge is 0.255 e. The van der Waals surface area contributed by atoms with Crippen molar-refractivity contribution in [3.05, 3.63) is 65.7 Å². The lowest BCUT2D eigenvalue weighted by Gasteiger charge is -2.19. The molecular formula is C21H26N4O2. The van der Waals surface area contributed by atoms with Gasteiger partial charge in [0.2, 0.25) is 0 Å². The predicted octanol–water partition coefficient (Wildman–Crippen LogP) is 1.95. The number of hydrogen-bond acceptors (Lipinski definition) is 3. The average Bonchev–Trinajstić information content (AvgIpc) is 3.49. The van der Waals surface area contributed by atoms with E-state index >= 15 is 0 Å². The van der Waals surface area contributed by atoms with Crippen LogP contribution in [0, 0.1) is 0 Å². The van der Waals surface area contributed by atoms with E-state index in [1.54, 1.807) is 13.1 Å². The number of amides is 1. The van der Waals surface area contributed by atoms with Gasteiger partial charge in [0.1, 0.15) is 5.75 Å². The van der Waals surface area contributed by atoms with Gasteiger partial charge >= 0.3 is 0 Å². The molecule has 0 aromatic heterocycles. The minimum absolute atomic E-state index is 0.123. The predicted molar refractivity (Wildman–Crippen MR) is 107 cm³/mol. The number of primary amides is 1. The van der Waals surface area contributed by atoms with Crippen LogP contribution in [0.1, 0.15) is 24.0 Å². The zero-order chi connectivity index (χ0) is 19.1. The molecule has 6 nitrogen and oxygen atoms in total. The number of hydrogen-bond donors (Lipinski definition) is 3. The first-order valence-electron chi connectivity index (χ1n) is 9.11. The summed E-state index contributed by atoms with van der Waals surface area (Å²) in [5.74, 6) is 0.897. The Morgan fingerprint density at radius 2 is 1.93 bits per heavy atom. The minimum Gasteiger partial charge on any atom is -0.484 e. The summed E-state index contributed by atoms with van der Waals surface area (Å²) in [6, 6.07) is 18.2. The number of aliphatic imine (C=N–C) groups is 1. The van der Waals surface area contributed by atoms with Crippen LogP contribution in [0.25, 0.3) is 0 Å². The first kappa shape index (κ1) is 18.8. The van der Waals surface area contributed by atoms with Gasteiger partial charge in [-0.15, -0.1) is 0 Å². The van der Waals surface area contributed by atoms with Crippen LogP contribution >= 0.6 is 0 Å². The highest BCUT2D eigenvalue weighted by atomic mass is 16.5. The summed E-state index contributed by atoms with van der Waals surface area (Å²) in [6.07, 6.45) is 2.39. The second-order valence-electron chi connectivity index (χ2n) is 6.83. The van der Waals surface area contributed by atoms with Crippen LogP contribution in [-0.4, -0.2) is 32.1 Å². The maximum atomic E-state index is 10.8. The number of rotatable bonds is 8. The molecule has 0 saturated heterocycles. The molecule has 0 atom stereocenters. The SMILES string of the molecule is CN=C(NCc1cccc(OCC(N)=O)c1)NCC1(c2ccccc2)CC1. The van der Waals surface area contributed by atoms with E-state index in [4.69, 9.17) is 10.5 Å². The third kappa shape index (κ3) is 5.23. The maximum absolute atomic E-state index is 10.8. The van der Waals surface area contributed by atoms with Crippen molar-refractivity contribution in [3.8, 4) is 5.75 Å². The van der Waals surface area contributed by atoms with Crippen LogP contribution in [0.5, 0.6) is 5.75 Å². The van der Waals surface area contributed by atoms with Crippen LogP contribution < -0.4 is 21.1 Å². The van der Waals surface area contributed by atoms with Gasteiger partial charge in [0.05, 0.1) is 0 Å². The zero-order valence-electron chi connectivity index (χ0n) is 15.6. The minimum atomic E-state index is -0.490. The molecule has 0 bridgehead atoms. The van der Waals surface area contributed by atoms with Gasteiger partial charge in [0.25, 0.3) is 5.91 Å². The molecule has 0 radical (unpaired) electrons. The molecule has 2 aromatic rings. The second kappa shape index (κ2) is 8.58. The van der Waals surface area contributed by atoms with E-state index in [0.29, 0.717) is 12.3 Å². The molecule has 4 N–H and O–H groups in total. The highest BCUT2D eigenvalue weighted by Gasteiger charge is 2.43. The summed E-state index contributed by atoms with van der Waals surface area (Å²) >= 11 is 0. The molecule has 1 saturated carbocycles. The lowest BCUT2D eigenvalue weighted by molar-refractivity contribution is -0.119. The third-order valence-corrected chi connectivity index (χ3v) is 4.80. The van der Waals surface area contributed by atoms with Crippen LogP contribution in [0.15, 0.2) is 59.6 Å². The number of guanidine groups is 1. The summed E-state index contributed by atoms with van der Waals surface area (Å²) in [5.41, 5.74) is 7.75. The van der Waals surface area contributed by atoms with E-state index in [1.807, 2.05) is 18.2 Å². The monoisotopic (exact) mass is 366 g/mol. The number of ether oxygens (including phenoxy) is 1. The van der Waals surface area contributed by atoms with E-state index in [2.05, 4.69) is 46.0 Å². The summed E-state index contributed by atoms with van der Waals surface area (Å²) < 4.78 is 5.34. The van der Waals surface area contributed by atoms with E-state index < -0.39 is 5.91 Å². The normalized spacial score (nSPS) is 15.1. The number of benzene rings is 2. The molecule has 0 heterocycles. The van der Waals surface area contributed by atoms with Crippen molar-refractivity contribution in [2.45, 2.75) is 24.8 Å². The number of nitrogens with one attached hydrogen (secondary N) is 2. The van der Waals surface area contributed by atoms with Crippen molar-refractivity contribution >= 4 is 11.9 Å². The van der Waals surface area contributed by atoms with Gasteiger partial charge < -0.3 is 21.1 Å². The van der Waals surface area contributed by atoms with Gasteiger partial charge in [-0.25, -0.2) is 0 Å². The first-order valence-corrected chi connectivity index (χ1v) is 9.11. The second-order valence-corrected chi connectivity index (χ2v) is 6.83. The van der Waals surface area contributed by atoms with Crippen molar-refractivity contribution in [3.63, 3.8) is 0 Å². The molecule has 1 amide bonds. The van der Waals surface area contributed by atoms with Gasteiger partial charge in [-0.1, -0.05) is 42.5 Å². The topological polar surface area (TPSA) is 88.7 Å². The fraction of sp³-hybridized carbons (Fsp3) is 0.333. The molecule has 0 unspecified atom stereocenters.